The molecule has 2 heterocycles. The quantitative estimate of drug-likeness (QED) is 0.588. The van der Waals surface area contributed by atoms with Gasteiger partial charge in [-0.05, 0) is 31.9 Å². The molecule has 4 rings (SSSR count). The van der Waals surface area contributed by atoms with E-state index < -0.39 is 0 Å². The van der Waals surface area contributed by atoms with E-state index in [1.807, 2.05) is 41.9 Å². The Hall–Kier alpha value is -2.58. The molecule has 1 saturated carbocycles. The number of nitrogens with zero attached hydrogens (tertiary/aromatic N) is 2. The van der Waals surface area contributed by atoms with Crippen LogP contribution >= 0.6 is 22.7 Å². The molecule has 150 valence electrons. The Kier molecular flexibility index (Phi) is 6.01. The minimum atomic E-state index is -0.143. The fourth-order valence-electron chi connectivity index (χ4n) is 3.46. The van der Waals surface area contributed by atoms with Gasteiger partial charge in [0.2, 0.25) is 11.8 Å². The van der Waals surface area contributed by atoms with Crippen LogP contribution in [0.1, 0.15) is 36.4 Å². The number of carbonyl (C=O) groups is 2. The third-order valence-corrected chi connectivity index (χ3v) is 6.49. The number of aromatic nitrogens is 2. The van der Waals surface area contributed by atoms with Gasteiger partial charge in [-0.1, -0.05) is 25.0 Å². The van der Waals surface area contributed by atoms with Gasteiger partial charge >= 0.3 is 0 Å². The number of aryl methyl sites for hydroxylation is 1. The highest BCUT2D eigenvalue weighted by molar-refractivity contribution is 7.14. The molecule has 1 aliphatic rings. The lowest BCUT2D eigenvalue weighted by atomic mass is 10.1. The first-order valence-electron chi connectivity index (χ1n) is 9.64. The van der Waals surface area contributed by atoms with Crippen LogP contribution in [0.5, 0.6) is 0 Å². The van der Waals surface area contributed by atoms with Crippen LogP contribution in [0.3, 0.4) is 0 Å². The Morgan fingerprint density at radius 2 is 1.93 bits per heavy atom. The molecule has 6 nitrogen and oxygen atoms in total. The summed E-state index contributed by atoms with van der Waals surface area (Å²) < 4.78 is 0. The highest BCUT2D eigenvalue weighted by atomic mass is 32.1. The summed E-state index contributed by atoms with van der Waals surface area (Å²) in [5.41, 5.74) is 3.26. The van der Waals surface area contributed by atoms with E-state index in [1.165, 1.54) is 11.3 Å². The average Bonchev–Trinajstić information content (AvgIpc) is 3.44. The second-order valence-corrected chi connectivity index (χ2v) is 9.09. The molecule has 2 amide bonds. The summed E-state index contributed by atoms with van der Waals surface area (Å²) in [4.78, 5) is 33.5. The van der Waals surface area contributed by atoms with Crippen molar-refractivity contribution in [1.29, 1.82) is 0 Å². The highest BCUT2D eigenvalue weighted by Crippen LogP contribution is 2.27. The molecule has 0 radical (unpaired) electrons. The lowest BCUT2D eigenvalue weighted by Gasteiger charge is -2.07. The van der Waals surface area contributed by atoms with E-state index >= 15 is 0 Å². The van der Waals surface area contributed by atoms with Gasteiger partial charge in [0, 0.05) is 27.9 Å². The number of hydrogen-bond acceptors (Lipinski definition) is 6. The Bertz CT molecular complexity index is 1020. The molecule has 1 aromatic carbocycles. The largest absolute Gasteiger partial charge is 0.326 e. The molecule has 0 bridgehead atoms. The van der Waals surface area contributed by atoms with Gasteiger partial charge in [-0.2, -0.15) is 0 Å². The van der Waals surface area contributed by atoms with Gasteiger partial charge in [-0.25, -0.2) is 9.97 Å². The molecule has 0 saturated heterocycles. The molecule has 1 aliphatic carbocycles. The van der Waals surface area contributed by atoms with Crippen LogP contribution in [0.4, 0.5) is 10.8 Å². The molecule has 2 aromatic heterocycles. The maximum absolute atomic E-state index is 12.4. The van der Waals surface area contributed by atoms with Crippen molar-refractivity contribution in [3.05, 3.63) is 45.7 Å². The zero-order valence-electron chi connectivity index (χ0n) is 16.1. The standard InChI is InChI=1S/C21H22N4O2S2/c1-13-22-18(12-28-13)15-7-4-8-16(9-15)23-19(26)10-17-11-29-21(24-17)25-20(27)14-5-2-3-6-14/h4,7-9,11-12,14H,2-3,5-6,10H2,1H3,(H,23,26)(H,24,25,27). The van der Waals surface area contributed by atoms with Crippen LogP contribution in [0.2, 0.25) is 0 Å². The first-order chi connectivity index (χ1) is 14.1. The fourth-order valence-corrected chi connectivity index (χ4v) is 4.80. The van der Waals surface area contributed by atoms with E-state index in [9.17, 15) is 9.59 Å². The van der Waals surface area contributed by atoms with Crippen molar-refractivity contribution in [2.75, 3.05) is 10.6 Å². The Morgan fingerprint density at radius 3 is 2.69 bits per heavy atom. The van der Waals surface area contributed by atoms with Crippen LogP contribution in [-0.2, 0) is 16.0 Å². The third-order valence-electron chi connectivity index (χ3n) is 4.91. The summed E-state index contributed by atoms with van der Waals surface area (Å²) >= 11 is 2.96. The van der Waals surface area contributed by atoms with Crippen molar-refractivity contribution in [2.45, 2.75) is 39.0 Å². The van der Waals surface area contributed by atoms with Crippen LogP contribution in [0.25, 0.3) is 11.3 Å². The average molecular weight is 427 g/mol. The third kappa shape index (κ3) is 5.07. The molecule has 0 spiro atoms. The van der Waals surface area contributed by atoms with E-state index in [0.29, 0.717) is 10.8 Å². The molecule has 2 N–H and O–H groups in total. The van der Waals surface area contributed by atoms with Gasteiger partial charge in [-0.3, -0.25) is 9.59 Å². The van der Waals surface area contributed by atoms with Crippen molar-refractivity contribution in [1.82, 2.24) is 9.97 Å². The smallest absolute Gasteiger partial charge is 0.230 e. The molecule has 0 unspecified atom stereocenters. The first-order valence-corrected chi connectivity index (χ1v) is 11.4. The molecule has 29 heavy (non-hydrogen) atoms. The van der Waals surface area contributed by atoms with Crippen LogP contribution in [0.15, 0.2) is 35.0 Å². The summed E-state index contributed by atoms with van der Waals surface area (Å²) in [5.74, 6) is -0.00282. The van der Waals surface area contributed by atoms with Gasteiger partial charge in [0.25, 0.3) is 0 Å². The monoisotopic (exact) mass is 426 g/mol. The van der Waals surface area contributed by atoms with Crippen LogP contribution in [-0.4, -0.2) is 21.8 Å². The predicted molar refractivity (Wildman–Crippen MR) is 117 cm³/mol. The molecular formula is C21H22N4O2S2. The topological polar surface area (TPSA) is 84.0 Å². The number of carbonyl (C=O) groups excluding carboxylic acids is 2. The van der Waals surface area contributed by atoms with Crippen molar-refractivity contribution >= 4 is 45.3 Å². The number of nitrogens with one attached hydrogen (secondary N) is 2. The molecule has 0 atom stereocenters. The number of benzene rings is 1. The minimum absolute atomic E-state index is 0.0435. The van der Waals surface area contributed by atoms with Crippen molar-refractivity contribution < 1.29 is 9.59 Å². The maximum atomic E-state index is 12.4. The summed E-state index contributed by atoms with van der Waals surface area (Å²) in [5, 5.41) is 11.2. The maximum Gasteiger partial charge on any atom is 0.230 e. The fraction of sp³-hybridized carbons (Fsp3) is 0.333. The number of rotatable bonds is 6. The second kappa shape index (κ2) is 8.84. The molecule has 0 aliphatic heterocycles. The Balaban J connectivity index is 1.34. The summed E-state index contributed by atoms with van der Waals surface area (Å²) in [6, 6.07) is 7.65. The van der Waals surface area contributed by atoms with Crippen LogP contribution in [0, 0.1) is 12.8 Å². The molecular weight excluding hydrogens is 404 g/mol. The highest BCUT2D eigenvalue weighted by Gasteiger charge is 2.23. The van der Waals surface area contributed by atoms with Crippen LogP contribution < -0.4 is 10.6 Å². The predicted octanol–water partition coefficient (Wildman–Crippen LogP) is 4.88. The van der Waals surface area contributed by atoms with E-state index in [0.717, 1.165) is 47.6 Å². The van der Waals surface area contributed by atoms with Crippen molar-refractivity contribution in [3.63, 3.8) is 0 Å². The van der Waals surface area contributed by atoms with Crippen molar-refractivity contribution in [3.8, 4) is 11.3 Å². The normalized spacial score (nSPS) is 14.1. The van der Waals surface area contributed by atoms with E-state index in [2.05, 4.69) is 20.6 Å². The van der Waals surface area contributed by atoms with E-state index in [1.54, 1.807) is 11.3 Å². The first kappa shape index (κ1) is 19.7. The number of thiazole rings is 2. The lowest BCUT2D eigenvalue weighted by Crippen LogP contribution is -2.20. The summed E-state index contributed by atoms with van der Waals surface area (Å²) in [6.07, 6.45) is 4.29. The van der Waals surface area contributed by atoms with E-state index in [4.69, 9.17) is 0 Å². The van der Waals surface area contributed by atoms with E-state index in [-0.39, 0.29) is 24.2 Å². The molecule has 1 fully saturated rings. The second-order valence-electron chi connectivity index (χ2n) is 7.17. The minimum Gasteiger partial charge on any atom is -0.326 e. The van der Waals surface area contributed by atoms with Gasteiger partial charge in [0.1, 0.15) is 0 Å². The Labute approximate surface area is 177 Å². The van der Waals surface area contributed by atoms with Gasteiger partial charge in [0.05, 0.1) is 22.8 Å². The SMILES string of the molecule is Cc1nc(-c2cccc(NC(=O)Cc3csc(NC(=O)C4CCCC4)n3)c2)cs1. The van der Waals surface area contributed by atoms with Gasteiger partial charge in [0.15, 0.2) is 5.13 Å². The summed E-state index contributed by atoms with van der Waals surface area (Å²) in [6.45, 7) is 1.97. The van der Waals surface area contributed by atoms with Gasteiger partial charge in [-0.15, -0.1) is 22.7 Å². The van der Waals surface area contributed by atoms with Gasteiger partial charge < -0.3 is 10.6 Å². The number of hydrogen-bond donors (Lipinski definition) is 2. The summed E-state index contributed by atoms with van der Waals surface area (Å²) in [7, 11) is 0. The molecule has 3 aromatic rings. The zero-order chi connectivity index (χ0) is 20.2. The molecule has 8 heteroatoms. The number of anilines is 2. The Morgan fingerprint density at radius 1 is 1.10 bits per heavy atom. The number of amides is 2. The van der Waals surface area contributed by atoms with Crippen molar-refractivity contribution in [2.24, 2.45) is 5.92 Å². The lowest BCUT2D eigenvalue weighted by molar-refractivity contribution is -0.119. The zero-order valence-corrected chi connectivity index (χ0v) is 17.7.